The highest BCUT2D eigenvalue weighted by Gasteiger charge is 2.24. The minimum absolute atomic E-state index is 0.103. The second-order valence-corrected chi connectivity index (χ2v) is 6.23. The summed E-state index contributed by atoms with van der Waals surface area (Å²) in [6.07, 6.45) is 0.581. The van der Waals surface area contributed by atoms with Crippen LogP contribution in [-0.4, -0.2) is 24.1 Å². The number of aromatic nitrogens is 2. The van der Waals surface area contributed by atoms with E-state index in [0.29, 0.717) is 12.3 Å². The lowest BCUT2D eigenvalue weighted by atomic mass is 10.2. The Balaban J connectivity index is 2.39. The molecule has 78 valence electrons. The number of nitrogens with one attached hydrogen (secondary N) is 1. The van der Waals surface area contributed by atoms with Gasteiger partial charge >= 0.3 is 0 Å². The van der Waals surface area contributed by atoms with E-state index in [1.165, 1.54) is 0 Å². The Labute approximate surface area is 83.7 Å². The van der Waals surface area contributed by atoms with Gasteiger partial charge in [0.1, 0.15) is 5.82 Å². The number of aromatic amines is 1. The van der Waals surface area contributed by atoms with Crippen LogP contribution >= 0.6 is 0 Å². The van der Waals surface area contributed by atoms with Crippen LogP contribution in [0.15, 0.2) is 0 Å². The molecule has 0 unspecified atom stereocenters. The van der Waals surface area contributed by atoms with Gasteiger partial charge in [-0.25, -0.2) is 13.4 Å². The van der Waals surface area contributed by atoms with Crippen molar-refractivity contribution < 1.29 is 8.42 Å². The van der Waals surface area contributed by atoms with E-state index in [9.17, 15) is 8.42 Å². The Morgan fingerprint density at radius 2 is 2.14 bits per heavy atom. The molecular formula is C9H14N2O2S. The van der Waals surface area contributed by atoms with E-state index in [-0.39, 0.29) is 11.5 Å². The van der Waals surface area contributed by atoms with E-state index < -0.39 is 9.84 Å². The third-order valence-corrected chi connectivity index (χ3v) is 3.99. The first-order valence-electron chi connectivity index (χ1n) is 4.76. The Morgan fingerprint density at radius 1 is 1.43 bits per heavy atom. The number of hydrogen-bond donors (Lipinski definition) is 1. The Bertz CT molecular complexity index is 445. The average Bonchev–Trinajstić information content (AvgIpc) is 2.45. The predicted molar refractivity (Wildman–Crippen MR) is 53.9 cm³/mol. The molecule has 0 saturated carbocycles. The first-order valence-corrected chi connectivity index (χ1v) is 6.58. The monoisotopic (exact) mass is 214 g/mol. The van der Waals surface area contributed by atoms with Gasteiger partial charge in [0, 0.05) is 18.0 Å². The van der Waals surface area contributed by atoms with Crippen LogP contribution in [0.2, 0.25) is 0 Å². The summed E-state index contributed by atoms with van der Waals surface area (Å²) in [5, 5.41) is 0. The van der Waals surface area contributed by atoms with Crippen molar-refractivity contribution in [3.8, 4) is 0 Å². The molecule has 1 aliphatic rings. The largest absolute Gasteiger partial charge is 0.345 e. The molecule has 0 aliphatic carbocycles. The molecule has 0 aromatic carbocycles. The van der Waals surface area contributed by atoms with Gasteiger partial charge in [-0.05, 0) is 0 Å². The molecule has 1 N–H and O–H groups in total. The molecule has 2 rings (SSSR count). The normalized spacial score (nSPS) is 19.6. The minimum Gasteiger partial charge on any atom is -0.345 e. The molecule has 0 atom stereocenters. The first kappa shape index (κ1) is 9.71. The SMILES string of the molecule is CC(C)c1nc2c([nH]1)CCS(=O)(=O)C2. The highest BCUT2D eigenvalue weighted by atomic mass is 32.2. The van der Waals surface area contributed by atoms with Crippen molar-refractivity contribution in [2.75, 3.05) is 5.75 Å². The molecule has 14 heavy (non-hydrogen) atoms. The van der Waals surface area contributed by atoms with Crippen molar-refractivity contribution >= 4 is 9.84 Å². The topological polar surface area (TPSA) is 62.8 Å². The van der Waals surface area contributed by atoms with Gasteiger partial charge in [0.25, 0.3) is 0 Å². The van der Waals surface area contributed by atoms with Gasteiger partial charge in [0.15, 0.2) is 9.84 Å². The fourth-order valence-corrected chi connectivity index (χ4v) is 2.92. The van der Waals surface area contributed by atoms with Crippen molar-refractivity contribution in [1.29, 1.82) is 0 Å². The zero-order chi connectivity index (χ0) is 10.3. The molecule has 1 aromatic rings. The van der Waals surface area contributed by atoms with E-state index in [1.807, 2.05) is 13.8 Å². The number of H-pyrrole nitrogens is 1. The van der Waals surface area contributed by atoms with E-state index in [4.69, 9.17) is 0 Å². The van der Waals surface area contributed by atoms with Crippen LogP contribution in [-0.2, 0) is 22.0 Å². The van der Waals surface area contributed by atoms with Gasteiger partial charge in [0.2, 0.25) is 0 Å². The second kappa shape index (κ2) is 3.08. The van der Waals surface area contributed by atoms with Crippen LogP contribution in [0.4, 0.5) is 0 Å². The number of imidazole rings is 1. The summed E-state index contributed by atoms with van der Waals surface area (Å²) in [5.41, 5.74) is 1.73. The van der Waals surface area contributed by atoms with Crippen LogP contribution in [0.25, 0.3) is 0 Å². The second-order valence-electron chi connectivity index (χ2n) is 4.04. The standard InChI is InChI=1S/C9H14N2O2S/c1-6(2)9-10-7-3-4-14(12,13)5-8(7)11-9/h6H,3-5H2,1-2H3,(H,10,11). The molecule has 0 fully saturated rings. The van der Waals surface area contributed by atoms with Crippen LogP contribution in [0.3, 0.4) is 0 Å². The van der Waals surface area contributed by atoms with Crippen molar-refractivity contribution in [3.05, 3.63) is 17.2 Å². The molecule has 0 spiro atoms. The van der Waals surface area contributed by atoms with Gasteiger partial charge < -0.3 is 4.98 Å². The maximum absolute atomic E-state index is 11.3. The van der Waals surface area contributed by atoms with Gasteiger partial charge in [-0.3, -0.25) is 0 Å². The Morgan fingerprint density at radius 3 is 2.79 bits per heavy atom. The minimum atomic E-state index is -2.89. The van der Waals surface area contributed by atoms with E-state index in [1.54, 1.807) is 0 Å². The number of fused-ring (bicyclic) bond motifs is 1. The Hall–Kier alpha value is -0.840. The molecule has 1 aromatic heterocycles. The van der Waals surface area contributed by atoms with Gasteiger partial charge in [0.05, 0.1) is 17.2 Å². The summed E-state index contributed by atoms with van der Waals surface area (Å²) in [4.78, 5) is 7.51. The number of sulfone groups is 1. The smallest absolute Gasteiger partial charge is 0.156 e. The van der Waals surface area contributed by atoms with Crippen LogP contribution in [0.5, 0.6) is 0 Å². The lowest BCUT2D eigenvalue weighted by Gasteiger charge is -2.09. The molecule has 0 bridgehead atoms. The summed E-state index contributed by atoms with van der Waals surface area (Å²) in [5.74, 6) is 1.57. The molecule has 4 nitrogen and oxygen atoms in total. The summed E-state index contributed by atoms with van der Waals surface area (Å²) < 4.78 is 22.7. The highest BCUT2D eigenvalue weighted by Crippen LogP contribution is 2.21. The summed E-state index contributed by atoms with van der Waals surface area (Å²) in [7, 11) is -2.89. The maximum Gasteiger partial charge on any atom is 0.156 e. The van der Waals surface area contributed by atoms with Crippen molar-refractivity contribution in [1.82, 2.24) is 9.97 Å². The zero-order valence-electron chi connectivity index (χ0n) is 8.37. The van der Waals surface area contributed by atoms with Gasteiger partial charge in [-0.15, -0.1) is 0 Å². The molecular weight excluding hydrogens is 200 g/mol. The fraction of sp³-hybridized carbons (Fsp3) is 0.667. The highest BCUT2D eigenvalue weighted by molar-refractivity contribution is 7.90. The predicted octanol–water partition coefficient (Wildman–Crippen LogP) is 1.00. The first-order chi connectivity index (χ1) is 6.48. The van der Waals surface area contributed by atoms with E-state index >= 15 is 0 Å². The van der Waals surface area contributed by atoms with Crippen LogP contribution in [0, 0.1) is 0 Å². The average molecular weight is 214 g/mol. The molecule has 5 heteroatoms. The summed E-state index contributed by atoms with van der Waals surface area (Å²) in [6, 6.07) is 0. The Kier molecular flexibility index (Phi) is 2.14. The lowest BCUT2D eigenvalue weighted by Crippen LogP contribution is -2.18. The van der Waals surface area contributed by atoms with Crippen molar-refractivity contribution in [3.63, 3.8) is 0 Å². The molecule has 1 aliphatic heterocycles. The quantitative estimate of drug-likeness (QED) is 0.758. The van der Waals surface area contributed by atoms with Crippen molar-refractivity contribution in [2.45, 2.75) is 31.9 Å². The number of nitrogens with zero attached hydrogens (tertiary/aromatic N) is 1. The van der Waals surface area contributed by atoms with Gasteiger partial charge in [-0.2, -0.15) is 0 Å². The fourth-order valence-electron chi connectivity index (χ4n) is 1.61. The molecule has 0 radical (unpaired) electrons. The van der Waals surface area contributed by atoms with E-state index in [0.717, 1.165) is 17.2 Å². The summed E-state index contributed by atoms with van der Waals surface area (Å²) in [6.45, 7) is 4.08. The van der Waals surface area contributed by atoms with Crippen LogP contribution in [0.1, 0.15) is 37.0 Å². The third-order valence-electron chi connectivity index (χ3n) is 2.45. The molecule has 0 amide bonds. The van der Waals surface area contributed by atoms with Gasteiger partial charge in [-0.1, -0.05) is 13.8 Å². The zero-order valence-corrected chi connectivity index (χ0v) is 9.19. The van der Waals surface area contributed by atoms with E-state index in [2.05, 4.69) is 9.97 Å². The number of aryl methyl sites for hydroxylation is 1. The maximum atomic E-state index is 11.3. The van der Waals surface area contributed by atoms with Crippen LogP contribution < -0.4 is 0 Å². The number of rotatable bonds is 1. The summed E-state index contributed by atoms with van der Waals surface area (Å²) >= 11 is 0. The lowest BCUT2D eigenvalue weighted by molar-refractivity contribution is 0.590. The number of hydrogen-bond acceptors (Lipinski definition) is 3. The van der Waals surface area contributed by atoms with Crippen molar-refractivity contribution in [2.24, 2.45) is 0 Å². The molecule has 0 saturated heterocycles. The third kappa shape index (κ3) is 1.68. The molecule has 2 heterocycles.